The van der Waals surface area contributed by atoms with Crippen molar-refractivity contribution in [3.05, 3.63) is 28.2 Å². The number of halogens is 2. The molecule has 0 saturated heterocycles. The molecule has 86 valence electrons. The number of benzene rings is 1. The SMILES string of the molecule is O=C1CCCC(Oc2cc(Cl)cc(Cl)c2)C1. The first-order chi connectivity index (χ1) is 7.63. The van der Waals surface area contributed by atoms with Crippen LogP contribution in [0.5, 0.6) is 5.75 Å². The second-order valence-corrected chi connectivity index (χ2v) is 4.85. The number of Topliss-reactive ketones (excluding diaryl/α,β-unsaturated/α-hetero) is 1. The molecule has 0 amide bonds. The number of hydrogen-bond acceptors (Lipinski definition) is 2. The first-order valence-corrected chi connectivity index (χ1v) is 6.03. The van der Waals surface area contributed by atoms with Crippen molar-refractivity contribution in [2.75, 3.05) is 0 Å². The Hall–Kier alpha value is -0.730. The Labute approximate surface area is 104 Å². The van der Waals surface area contributed by atoms with Crippen molar-refractivity contribution in [2.45, 2.75) is 31.8 Å². The van der Waals surface area contributed by atoms with E-state index in [1.165, 1.54) is 0 Å². The average Bonchev–Trinajstić information content (AvgIpc) is 2.15. The topological polar surface area (TPSA) is 26.3 Å². The number of ether oxygens (including phenoxy) is 1. The maximum Gasteiger partial charge on any atom is 0.136 e. The third-order valence-electron chi connectivity index (χ3n) is 2.58. The lowest BCUT2D eigenvalue weighted by Gasteiger charge is -2.22. The van der Waals surface area contributed by atoms with E-state index in [1.807, 2.05) is 0 Å². The van der Waals surface area contributed by atoms with Crippen LogP contribution in [0.15, 0.2) is 18.2 Å². The van der Waals surface area contributed by atoms with Gasteiger partial charge in [-0.25, -0.2) is 0 Å². The van der Waals surface area contributed by atoms with Gasteiger partial charge in [0.05, 0.1) is 0 Å². The van der Waals surface area contributed by atoms with E-state index < -0.39 is 0 Å². The van der Waals surface area contributed by atoms with Gasteiger partial charge >= 0.3 is 0 Å². The Bertz CT molecular complexity index is 384. The Balaban J connectivity index is 2.05. The normalized spacial score (nSPS) is 20.9. The molecule has 1 aliphatic carbocycles. The Morgan fingerprint density at radius 3 is 2.50 bits per heavy atom. The fraction of sp³-hybridized carbons (Fsp3) is 0.417. The zero-order valence-corrected chi connectivity index (χ0v) is 10.2. The molecule has 16 heavy (non-hydrogen) atoms. The number of carbonyl (C=O) groups excluding carboxylic acids is 1. The van der Waals surface area contributed by atoms with E-state index in [0.29, 0.717) is 28.6 Å². The summed E-state index contributed by atoms with van der Waals surface area (Å²) in [7, 11) is 0. The van der Waals surface area contributed by atoms with Gasteiger partial charge in [-0.15, -0.1) is 0 Å². The van der Waals surface area contributed by atoms with E-state index in [2.05, 4.69) is 0 Å². The lowest BCUT2D eigenvalue weighted by Crippen LogP contribution is -2.25. The summed E-state index contributed by atoms with van der Waals surface area (Å²) < 4.78 is 5.70. The molecule has 1 saturated carbocycles. The molecule has 0 aliphatic heterocycles. The van der Waals surface area contributed by atoms with Crippen LogP contribution in [0.2, 0.25) is 10.0 Å². The molecule has 1 atom stereocenters. The fourth-order valence-electron chi connectivity index (χ4n) is 1.87. The minimum absolute atomic E-state index is 0.0317. The first kappa shape index (κ1) is 11.7. The van der Waals surface area contributed by atoms with E-state index in [0.717, 1.165) is 12.8 Å². The molecule has 0 radical (unpaired) electrons. The molecular weight excluding hydrogens is 247 g/mol. The summed E-state index contributed by atoms with van der Waals surface area (Å²) in [6.07, 6.45) is 2.95. The monoisotopic (exact) mass is 258 g/mol. The van der Waals surface area contributed by atoms with E-state index in [1.54, 1.807) is 18.2 Å². The molecule has 0 heterocycles. The standard InChI is InChI=1S/C12H12Cl2O2/c13-8-4-9(14)6-12(5-8)16-11-3-1-2-10(15)7-11/h4-6,11H,1-3,7H2. The highest BCUT2D eigenvalue weighted by Gasteiger charge is 2.20. The largest absolute Gasteiger partial charge is 0.490 e. The second kappa shape index (κ2) is 5.07. The summed E-state index contributed by atoms with van der Waals surface area (Å²) in [5.41, 5.74) is 0. The maximum absolute atomic E-state index is 11.3. The van der Waals surface area contributed by atoms with E-state index >= 15 is 0 Å². The minimum Gasteiger partial charge on any atom is -0.490 e. The number of ketones is 1. The van der Waals surface area contributed by atoms with Crippen LogP contribution in [0, 0.1) is 0 Å². The zero-order chi connectivity index (χ0) is 11.5. The van der Waals surface area contributed by atoms with E-state index in [4.69, 9.17) is 27.9 Å². The highest BCUT2D eigenvalue weighted by molar-refractivity contribution is 6.34. The molecule has 1 aliphatic rings. The number of rotatable bonds is 2. The van der Waals surface area contributed by atoms with Gasteiger partial charge in [0.15, 0.2) is 0 Å². The van der Waals surface area contributed by atoms with Gasteiger partial charge in [0.25, 0.3) is 0 Å². The average molecular weight is 259 g/mol. The van der Waals surface area contributed by atoms with Crippen LogP contribution in [0.3, 0.4) is 0 Å². The van der Waals surface area contributed by atoms with Gasteiger partial charge in [-0.1, -0.05) is 23.2 Å². The van der Waals surface area contributed by atoms with Crippen molar-refractivity contribution in [2.24, 2.45) is 0 Å². The van der Waals surface area contributed by atoms with Crippen molar-refractivity contribution in [3.63, 3.8) is 0 Å². The van der Waals surface area contributed by atoms with Crippen molar-refractivity contribution in [1.82, 2.24) is 0 Å². The Kier molecular flexibility index (Phi) is 3.72. The molecule has 1 aromatic carbocycles. The molecular formula is C12H12Cl2O2. The third-order valence-corrected chi connectivity index (χ3v) is 3.01. The Morgan fingerprint density at radius 2 is 1.88 bits per heavy atom. The highest BCUT2D eigenvalue weighted by Crippen LogP contribution is 2.27. The number of carbonyl (C=O) groups is 1. The quantitative estimate of drug-likeness (QED) is 0.805. The summed E-state index contributed by atoms with van der Waals surface area (Å²) >= 11 is 11.7. The zero-order valence-electron chi connectivity index (χ0n) is 8.71. The van der Waals surface area contributed by atoms with Gasteiger partial charge in [-0.2, -0.15) is 0 Å². The molecule has 1 unspecified atom stereocenters. The summed E-state index contributed by atoms with van der Waals surface area (Å²) in [5, 5.41) is 1.09. The van der Waals surface area contributed by atoms with E-state index in [9.17, 15) is 4.79 Å². The number of hydrogen-bond donors (Lipinski definition) is 0. The van der Waals surface area contributed by atoms with Crippen LogP contribution >= 0.6 is 23.2 Å². The summed E-state index contributed by atoms with van der Waals surface area (Å²) in [6.45, 7) is 0. The van der Waals surface area contributed by atoms with Gasteiger partial charge < -0.3 is 4.74 Å². The predicted octanol–water partition coefficient (Wildman–Crippen LogP) is 3.88. The van der Waals surface area contributed by atoms with E-state index in [-0.39, 0.29) is 11.9 Å². The molecule has 2 nitrogen and oxygen atoms in total. The minimum atomic E-state index is -0.0317. The molecule has 0 spiro atoms. The molecule has 1 aromatic rings. The molecule has 4 heteroatoms. The maximum atomic E-state index is 11.3. The predicted molar refractivity (Wildman–Crippen MR) is 64.4 cm³/mol. The van der Waals surface area contributed by atoms with Gasteiger partial charge in [-0.3, -0.25) is 4.79 Å². The molecule has 2 rings (SSSR count). The van der Waals surface area contributed by atoms with Crippen molar-refractivity contribution >= 4 is 29.0 Å². The van der Waals surface area contributed by atoms with Crippen LogP contribution in [0.25, 0.3) is 0 Å². The van der Waals surface area contributed by atoms with Crippen molar-refractivity contribution in [1.29, 1.82) is 0 Å². The Morgan fingerprint density at radius 1 is 1.19 bits per heavy atom. The molecule has 0 N–H and O–H groups in total. The lowest BCUT2D eigenvalue weighted by molar-refractivity contribution is -0.122. The van der Waals surface area contributed by atoms with Gasteiger partial charge in [0, 0.05) is 22.9 Å². The van der Waals surface area contributed by atoms with Crippen molar-refractivity contribution in [3.8, 4) is 5.75 Å². The molecule has 0 bridgehead atoms. The van der Waals surface area contributed by atoms with Crippen LogP contribution in [-0.2, 0) is 4.79 Å². The lowest BCUT2D eigenvalue weighted by atomic mass is 9.96. The second-order valence-electron chi connectivity index (χ2n) is 3.98. The highest BCUT2D eigenvalue weighted by atomic mass is 35.5. The van der Waals surface area contributed by atoms with Crippen LogP contribution < -0.4 is 4.74 Å². The van der Waals surface area contributed by atoms with Gasteiger partial charge in [0.2, 0.25) is 0 Å². The van der Waals surface area contributed by atoms with Crippen LogP contribution in [0.4, 0.5) is 0 Å². The summed E-state index contributed by atoms with van der Waals surface area (Å²) in [5.74, 6) is 0.904. The fourth-order valence-corrected chi connectivity index (χ4v) is 2.38. The molecule has 1 fully saturated rings. The smallest absolute Gasteiger partial charge is 0.136 e. The van der Waals surface area contributed by atoms with Gasteiger partial charge in [0.1, 0.15) is 17.6 Å². The van der Waals surface area contributed by atoms with Crippen LogP contribution in [-0.4, -0.2) is 11.9 Å². The molecule has 0 aromatic heterocycles. The summed E-state index contributed by atoms with van der Waals surface area (Å²) in [4.78, 5) is 11.3. The van der Waals surface area contributed by atoms with Crippen molar-refractivity contribution < 1.29 is 9.53 Å². The first-order valence-electron chi connectivity index (χ1n) is 5.28. The summed E-state index contributed by atoms with van der Waals surface area (Å²) in [6, 6.07) is 5.08. The third kappa shape index (κ3) is 3.13. The van der Waals surface area contributed by atoms with Gasteiger partial charge in [-0.05, 0) is 31.0 Å². The van der Waals surface area contributed by atoms with Crippen LogP contribution in [0.1, 0.15) is 25.7 Å².